The molecule has 0 aliphatic carbocycles. The van der Waals surface area contributed by atoms with Gasteiger partial charge in [-0.05, 0) is 29.0 Å². The molecule has 0 unspecified atom stereocenters. The van der Waals surface area contributed by atoms with Gasteiger partial charge in [0.25, 0.3) is 0 Å². The van der Waals surface area contributed by atoms with Crippen LogP contribution in [0.1, 0.15) is 11.1 Å². The van der Waals surface area contributed by atoms with E-state index in [4.69, 9.17) is 0 Å². The van der Waals surface area contributed by atoms with Crippen molar-refractivity contribution in [2.45, 2.75) is 18.6 Å². The van der Waals surface area contributed by atoms with Gasteiger partial charge in [-0.2, -0.15) is 4.68 Å². The van der Waals surface area contributed by atoms with Crippen LogP contribution in [0, 0.1) is 6.92 Å². The van der Waals surface area contributed by atoms with Crippen LogP contribution in [0.3, 0.4) is 0 Å². The van der Waals surface area contributed by atoms with E-state index >= 15 is 0 Å². The monoisotopic (exact) mass is 409 g/mol. The molecule has 1 fully saturated rings. The van der Waals surface area contributed by atoms with Gasteiger partial charge in [-0.1, -0.05) is 60.3 Å². The molecule has 1 aliphatic heterocycles. The van der Waals surface area contributed by atoms with Crippen LogP contribution in [0.15, 0.2) is 59.8 Å². The largest absolute Gasteiger partial charge is 0.331 e. The second kappa shape index (κ2) is 9.19. The van der Waals surface area contributed by atoms with Gasteiger partial charge >= 0.3 is 0 Å². The summed E-state index contributed by atoms with van der Waals surface area (Å²) in [6.07, 6.45) is 0. The van der Waals surface area contributed by atoms with Gasteiger partial charge in [0.05, 0.1) is 37.6 Å². The van der Waals surface area contributed by atoms with Gasteiger partial charge in [0.2, 0.25) is 11.1 Å². The van der Waals surface area contributed by atoms with E-state index in [1.54, 1.807) is 4.68 Å². The topological polar surface area (TPSA) is 68.4 Å². The summed E-state index contributed by atoms with van der Waals surface area (Å²) < 4.78 is 1.70. The molecule has 8 heteroatoms. The number of tetrazole rings is 1. The molecule has 29 heavy (non-hydrogen) atoms. The second-order valence-electron chi connectivity index (χ2n) is 7.24. The van der Waals surface area contributed by atoms with Gasteiger partial charge < -0.3 is 9.80 Å². The van der Waals surface area contributed by atoms with Crippen molar-refractivity contribution in [1.82, 2.24) is 25.1 Å². The van der Waals surface area contributed by atoms with Gasteiger partial charge in [0.15, 0.2) is 0 Å². The highest BCUT2D eigenvalue weighted by molar-refractivity contribution is 7.99. The number of thioether (sulfide) groups is 1. The van der Waals surface area contributed by atoms with E-state index in [2.05, 4.69) is 39.8 Å². The number of benzene rings is 2. The van der Waals surface area contributed by atoms with Crippen LogP contribution < -0.4 is 4.90 Å². The first kappa shape index (κ1) is 19.6. The van der Waals surface area contributed by atoms with Crippen molar-refractivity contribution in [3.8, 4) is 5.69 Å². The standard InChI is InChI=1S/C21H24N6OS/c1-17-7-5-6-10-19(17)27-21(22-23-24-27)29-16-20(28)26-13-11-25(12-14-26)15-18-8-3-2-4-9-18/h2-10H,11-16H2,1H3/p+1. The number of carbonyl (C=O) groups excluding carboxylic acids is 1. The number of piperazine rings is 1. The van der Waals surface area contributed by atoms with Crippen molar-refractivity contribution in [3.63, 3.8) is 0 Å². The SMILES string of the molecule is Cc1ccccc1-n1nnnc1SCC(=O)N1CC[NH+](Cc2ccccc2)CC1. The summed E-state index contributed by atoms with van der Waals surface area (Å²) in [5, 5.41) is 12.6. The zero-order valence-electron chi connectivity index (χ0n) is 16.5. The minimum atomic E-state index is 0.146. The molecule has 0 radical (unpaired) electrons. The van der Waals surface area contributed by atoms with E-state index in [1.165, 1.54) is 22.2 Å². The lowest BCUT2D eigenvalue weighted by molar-refractivity contribution is -0.917. The molecular weight excluding hydrogens is 384 g/mol. The zero-order valence-corrected chi connectivity index (χ0v) is 17.3. The first-order valence-electron chi connectivity index (χ1n) is 9.83. The summed E-state index contributed by atoms with van der Waals surface area (Å²) in [6.45, 7) is 6.59. The van der Waals surface area contributed by atoms with Gasteiger partial charge in [0, 0.05) is 5.56 Å². The van der Waals surface area contributed by atoms with E-state index in [0.29, 0.717) is 10.9 Å². The quantitative estimate of drug-likeness (QED) is 0.615. The van der Waals surface area contributed by atoms with Crippen molar-refractivity contribution in [2.24, 2.45) is 0 Å². The van der Waals surface area contributed by atoms with E-state index in [-0.39, 0.29) is 5.91 Å². The van der Waals surface area contributed by atoms with Crippen molar-refractivity contribution in [2.75, 3.05) is 31.9 Å². The fraction of sp³-hybridized carbons (Fsp3) is 0.333. The summed E-state index contributed by atoms with van der Waals surface area (Å²) >= 11 is 1.39. The van der Waals surface area contributed by atoms with Crippen LogP contribution in [-0.2, 0) is 11.3 Å². The maximum Gasteiger partial charge on any atom is 0.233 e. The van der Waals surface area contributed by atoms with Gasteiger partial charge in [0.1, 0.15) is 6.54 Å². The lowest BCUT2D eigenvalue weighted by Gasteiger charge is -2.32. The van der Waals surface area contributed by atoms with Crippen LogP contribution in [0.25, 0.3) is 5.69 Å². The Morgan fingerprint density at radius 3 is 2.55 bits per heavy atom. The van der Waals surface area contributed by atoms with E-state index in [0.717, 1.165) is 44.0 Å². The molecule has 150 valence electrons. The third kappa shape index (κ3) is 4.83. The normalized spacial score (nSPS) is 14.9. The molecule has 1 aliphatic rings. The van der Waals surface area contributed by atoms with Crippen molar-refractivity contribution in [1.29, 1.82) is 0 Å². The lowest BCUT2D eigenvalue weighted by atomic mass is 10.2. The van der Waals surface area contributed by atoms with Crippen LogP contribution in [0.5, 0.6) is 0 Å². The number of hydrogen-bond acceptors (Lipinski definition) is 5. The number of nitrogens with zero attached hydrogens (tertiary/aromatic N) is 5. The molecule has 1 N–H and O–H groups in total. The summed E-state index contributed by atoms with van der Waals surface area (Å²) in [5.74, 6) is 0.494. The Kier molecular flexibility index (Phi) is 6.21. The van der Waals surface area contributed by atoms with E-state index in [1.807, 2.05) is 42.2 Å². The molecule has 7 nitrogen and oxygen atoms in total. The smallest absolute Gasteiger partial charge is 0.233 e. The van der Waals surface area contributed by atoms with Gasteiger partial charge in [-0.3, -0.25) is 4.79 Å². The number of carbonyl (C=O) groups is 1. The maximum absolute atomic E-state index is 12.7. The van der Waals surface area contributed by atoms with E-state index in [9.17, 15) is 4.79 Å². The Morgan fingerprint density at radius 1 is 1.07 bits per heavy atom. The molecule has 1 aromatic heterocycles. The lowest BCUT2D eigenvalue weighted by Crippen LogP contribution is -3.13. The van der Waals surface area contributed by atoms with Crippen LogP contribution in [0.4, 0.5) is 0 Å². The highest BCUT2D eigenvalue weighted by atomic mass is 32.2. The van der Waals surface area contributed by atoms with Crippen LogP contribution in [0.2, 0.25) is 0 Å². The summed E-state index contributed by atoms with van der Waals surface area (Å²) in [5.41, 5.74) is 3.37. The molecule has 0 atom stereocenters. The number of amides is 1. The predicted molar refractivity (Wildman–Crippen MR) is 112 cm³/mol. The Morgan fingerprint density at radius 2 is 1.79 bits per heavy atom. The molecule has 3 aromatic rings. The van der Waals surface area contributed by atoms with Gasteiger partial charge in [-0.25, -0.2) is 0 Å². The number of para-hydroxylation sites is 1. The first-order chi connectivity index (χ1) is 14.2. The highest BCUT2D eigenvalue weighted by Gasteiger charge is 2.24. The highest BCUT2D eigenvalue weighted by Crippen LogP contribution is 2.20. The Balaban J connectivity index is 1.29. The number of nitrogens with one attached hydrogen (secondary N) is 1. The number of hydrogen-bond donors (Lipinski definition) is 1. The number of aromatic nitrogens is 4. The fourth-order valence-electron chi connectivity index (χ4n) is 3.57. The maximum atomic E-state index is 12.7. The average molecular weight is 410 g/mol. The molecule has 1 amide bonds. The summed E-state index contributed by atoms with van der Waals surface area (Å²) in [6, 6.07) is 18.5. The Labute approximate surface area is 174 Å². The second-order valence-corrected chi connectivity index (χ2v) is 8.18. The molecule has 2 aromatic carbocycles. The van der Waals surface area contributed by atoms with Crippen LogP contribution >= 0.6 is 11.8 Å². The predicted octanol–water partition coefficient (Wildman–Crippen LogP) is 0.990. The fourth-order valence-corrected chi connectivity index (χ4v) is 4.36. The Bertz CT molecular complexity index is 953. The van der Waals surface area contributed by atoms with Crippen molar-refractivity contribution in [3.05, 3.63) is 65.7 Å². The third-order valence-electron chi connectivity index (χ3n) is 5.23. The molecule has 4 rings (SSSR count). The van der Waals surface area contributed by atoms with Crippen molar-refractivity contribution < 1.29 is 9.69 Å². The molecular formula is C21H25N6OS+. The third-order valence-corrected chi connectivity index (χ3v) is 6.13. The minimum absolute atomic E-state index is 0.146. The van der Waals surface area contributed by atoms with Crippen molar-refractivity contribution >= 4 is 17.7 Å². The molecule has 1 saturated heterocycles. The molecule has 0 bridgehead atoms. The zero-order chi connectivity index (χ0) is 20.1. The summed E-state index contributed by atoms with van der Waals surface area (Å²) in [7, 11) is 0. The molecule has 2 heterocycles. The van der Waals surface area contributed by atoms with Crippen LogP contribution in [-0.4, -0.2) is 62.9 Å². The number of quaternary nitrogens is 1. The number of aryl methyl sites for hydroxylation is 1. The minimum Gasteiger partial charge on any atom is -0.331 e. The average Bonchev–Trinajstić information content (AvgIpc) is 3.22. The number of rotatable bonds is 6. The molecule has 0 spiro atoms. The first-order valence-corrected chi connectivity index (χ1v) is 10.8. The van der Waals surface area contributed by atoms with E-state index < -0.39 is 0 Å². The summed E-state index contributed by atoms with van der Waals surface area (Å²) in [4.78, 5) is 16.2. The van der Waals surface area contributed by atoms with Gasteiger partial charge in [-0.15, -0.1) is 5.10 Å². The molecule has 0 saturated carbocycles. The Hall–Kier alpha value is -2.71.